The third-order valence-corrected chi connectivity index (χ3v) is 6.70. The number of pyridine rings is 1. The second kappa shape index (κ2) is 6.24. The molecule has 2 bridgehead atoms. The lowest BCUT2D eigenvalue weighted by atomic mass is 9.75. The fraction of sp³-hybridized carbons (Fsp3) is 0.455. The summed E-state index contributed by atoms with van der Waals surface area (Å²) in [6.45, 7) is 5.14. The van der Waals surface area contributed by atoms with E-state index in [2.05, 4.69) is 21.9 Å². The zero-order chi connectivity index (χ0) is 18.5. The number of hydrogen-bond donors (Lipinski definition) is 1. The summed E-state index contributed by atoms with van der Waals surface area (Å²) < 4.78 is 0. The minimum absolute atomic E-state index is 0.319. The van der Waals surface area contributed by atoms with Crippen LogP contribution in [0, 0.1) is 24.2 Å². The van der Waals surface area contributed by atoms with Gasteiger partial charge in [-0.15, -0.1) is 0 Å². The van der Waals surface area contributed by atoms with E-state index in [1.807, 2.05) is 31.2 Å². The van der Waals surface area contributed by atoms with Gasteiger partial charge in [-0.05, 0) is 68.6 Å². The fourth-order valence-electron chi connectivity index (χ4n) is 5.56. The summed E-state index contributed by atoms with van der Waals surface area (Å²) in [5.41, 5.74) is 2.79. The summed E-state index contributed by atoms with van der Waals surface area (Å²) in [6.07, 6.45) is 2.44. The number of aryl methyl sites for hydroxylation is 1. The van der Waals surface area contributed by atoms with Gasteiger partial charge in [0.05, 0.1) is 5.56 Å². The molecule has 0 radical (unpaired) electrons. The lowest BCUT2D eigenvalue weighted by molar-refractivity contribution is 0.0354. The molecule has 4 aliphatic rings. The van der Waals surface area contributed by atoms with Gasteiger partial charge in [0.1, 0.15) is 17.6 Å². The molecule has 5 nitrogen and oxygen atoms in total. The van der Waals surface area contributed by atoms with Crippen molar-refractivity contribution in [3.63, 3.8) is 0 Å². The number of hydrogen-bond acceptors (Lipinski definition) is 5. The van der Waals surface area contributed by atoms with Crippen molar-refractivity contribution in [1.29, 1.82) is 5.26 Å². The third kappa shape index (κ3) is 2.59. The lowest BCUT2D eigenvalue weighted by Gasteiger charge is -2.51. The molecule has 4 fully saturated rings. The molecule has 3 atom stereocenters. The van der Waals surface area contributed by atoms with Crippen molar-refractivity contribution in [2.45, 2.75) is 37.8 Å². The highest BCUT2D eigenvalue weighted by molar-refractivity contribution is 5.58. The molecule has 2 aromatic rings. The highest BCUT2D eigenvalue weighted by Gasteiger charge is 2.54. The molecule has 4 aliphatic heterocycles. The SMILES string of the molecule is Cc1ccc(C#N)c(N2C[C@H](c3cccc(O)c3)[C@H]3[C@@H]2C2CCN3CC2)n1. The number of anilines is 1. The van der Waals surface area contributed by atoms with Crippen LogP contribution >= 0.6 is 0 Å². The second-order valence-corrected chi connectivity index (χ2v) is 8.14. The van der Waals surface area contributed by atoms with Crippen LogP contribution in [0.1, 0.15) is 35.6 Å². The van der Waals surface area contributed by atoms with E-state index in [4.69, 9.17) is 4.98 Å². The van der Waals surface area contributed by atoms with Gasteiger partial charge in [-0.1, -0.05) is 12.1 Å². The molecule has 138 valence electrons. The molecule has 0 unspecified atom stereocenters. The molecule has 0 spiro atoms. The van der Waals surface area contributed by atoms with E-state index in [1.165, 1.54) is 18.4 Å². The third-order valence-electron chi connectivity index (χ3n) is 6.70. The number of piperidine rings is 3. The second-order valence-electron chi connectivity index (χ2n) is 8.14. The number of rotatable bonds is 2. The van der Waals surface area contributed by atoms with Gasteiger partial charge in [-0.25, -0.2) is 4.98 Å². The maximum atomic E-state index is 10.0. The quantitative estimate of drug-likeness (QED) is 0.892. The molecule has 6 rings (SSSR count). The molecule has 1 N–H and O–H groups in total. The van der Waals surface area contributed by atoms with Gasteiger partial charge in [0.15, 0.2) is 0 Å². The maximum Gasteiger partial charge on any atom is 0.147 e. The highest BCUT2D eigenvalue weighted by atomic mass is 16.3. The molecular weight excluding hydrogens is 336 g/mol. The monoisotopic (exact) mass is 360 g/mol. The topological polar surface area (TPSA) is 63.4 Å². The van der Waals surface area contributed by atoms with Crippen LogP contribution in [0.15, 0.2) is 36.4 Å². The predicted molar refractivity (Wildman–Crippen MR) is 104 cm³/mol. The minimum Gasteiger partial charge on any atom is -0.508 e. The first-order chi connectivity index (χ1) is 13.2. The van der Waals surface area contributed by atoms with Crippen molar-refractivity contribution in [3.05, 3.63) is 53.2 Å². The molecule has 5 heteroatoms. The number of benzene rings is 1. The molecule has 4 saturated heterocycles. The van der Waals surface area contributed by atoms with Crippen LogP contribution in [0.5, 0.6) is 5.75 Å². The Morgan fingerprint density at radius 1 is 1.15 bits per heavy atom. The van der Waals surface area contributed by atoms with Crippen LogP contribution in [-0.2, 0) is 0 Å². The van der Waals surface area contributed by atoms with Crippen LogP contribution < -0.4 is 4.90 Å². The van der Waals surface area contributed by atoms with E-state index in [0.717, 1.165) is 31.1 Å². The number of nitriles is 1. The summed E-state index contributed by atoms with van der Waals surface area (Å²) in [6, 6.07) is 14.7. The Morgan fingerprint density at radius 3 is 2.70 bits per heavy atom. The minimum atomic E-state index is 0.319. The Kier molecular flexibility index (Phi) is 3.84. The lowest BCUT2D eigenvalue weighted by Crippen LogP contribution is -2.60. The summed E-state index contributed by atoms with van der Waals surface area (Å²) >= 11 is 0. The Balaban J connectivity index is 1.61. The van der Waals surface area contributed by atoms with E-state index in [-0.39, 0.29) is 0 Å². The van der Waals surface area contributed by atoms with Crippen molar-refractivity contribution in [3.8, 4) is 11.8 Å². The normalized spacial score (nSPS) is 31.6. The first-order valence-electron chi connectivity index (χ1n) is 9.83. The van der Waals surface area contributed by atoms with E-state index < -0.39 is 0 Å². The van der Waals surface area contributed by atoms with Gasteiger partial charge in [0.2, 0.25) is 0 Å². The van der Waals surface area contributed by atoms with Crippen molar-refractivity contribution in [1.82, 2.24) is 9.88 Å². The molecule has 0 amide bonds. The van der Waals surface area contributed by atoms with E-state index >= 15 is 0 Å². The number of nitrogens with zero attached hydrogens (tertiary/aromatic N) is 4. The van der Waals surface area contributed by atoms with Gasteiger partial charge < -0.3 is 10.0 Å². The van der Waals surface area contributed by atoms with E-state index in [1.54, 1.807) is 6.07 Å². The van der Waals surface area contributed by atoms with E-state index in [0.29, 0.717) is 35.2 Å². The van der Waals surface area contributed by atoms with Gasteiger partial charge in [0, 0.05) is 30.2 Å². The molecule has 0 saturated carbocycles. The molecule has 0 aliphatic carbocycles. The largest absolute Gasteiger partial charge is 0.508 e. The van der Waals surface area contributed by atoms with Crippen molar-refractivity contribution >= 4 is 5.82 Å². The smallest absolute Gasteiger partial charge is 0.147 e. The van der Waals surface area contributed by atoms with Crippen LogP contribution in [0.25, 0.3) is 0 Å². The molecule has 1 aromatic heterocycles. The highest BCUT2D eigenvalue weighted by Crippen LogP contribution is 2.48. The molecule has 5 heterocycles. The molecule has 27 heavy (non-hydrogen) atoms. The fourth-order valence-corrected chi connectivity index (χ4v) is 5.56. The van der Waals surface area contributed by atoms with Gasteiger partial charge >= 0.3 is 0 Å². The average Bonchev–Trinajstić information content (AvgIpc) is 3.12. The van der Waals surface area contributed by atoms with Crippen LogP contribution in [0.3, 0.4) is 0 Å². The first-order valence-corrected chi connectivity index (χ1v) is 9.83. The molecule has 1 aromatic carbocycles. The predicted octanol–water partition coefficient (Wildman–Crippen LogP) is 3.03. The van der Waals surface area contributed by atoms with Gasteiger partial charge in [-0.2, -0.15) is 5.26 Å². The van der Waals surface area contributed by atoms with Crippen molar-refractivity contribution in [2.75, 3.05) is 24.5 Å². The Hall–Kier alpha value is -2.58. The first kappa shape index (κ1) is 16.6. The number of phenolic OH excluding ortho intramolecular Hbond substituents is 1. The summed E-state index contributed by atoms with van der Waals surface area (Å²) in [5, 5.41) is 19.7. The summed E-state index contributed by atoms with van der Waals surface area (Å²) in [7, 11) is 0. The van der Waals surface area contributed by atoms with Gasteiger partial charge in [0.25, 0.3) is 0 Å². The van der Waals surface area contributed by atoms with E-state index in [9.17, 15) is 10.4 Å². The van der Waals surface area contributed by atoms with Crippen molar-refractivity contribution in [2.24, 2.45) is 5.92 Å². The number of fused-ring (bicyclic) bond motifs is 2. The zero-order valence-electron chi connectivity index (χ0n) is 15.5. The summed E-state index contributed by atoms with van der Waals surface area (Å²) in [4.78, 5) is 9.81. The zero-order valence-corrected chi connectivity index (χ0v) is 15.5. The van der Waals surface area contributed by atoms with Crippen LogP contribution in [-0.4, -0.2) is 46.7 Å². The number of phenols is 1. The Labute approximate surface area is 159 Å². The van der Waals surface area contributed by atoms with Crippen LogP contribution in [0.2, 0.25) is 0 Å². The standard InChI is InChI=1S/C22H24N4O/c1-14-5-6-17(12-23)22(24-14)26-13-19(16-3-2-4-18(27)11-16)21-20(26)15-7-9-25(21)10-8-15/h2-6,11,15,19-21,27H,7-10,13H2,1H3/t19-,20+,21+/m1/s1. The van der Waals surface area contributed by atoms with Crippen LogP contribution in [0.4, 0.5) is 5.82 Å². The summed E-state index contributed by atoms with van der Waals surface area (Å²) in [5.74, 6) is 2.13. The Morgan fingerprint density at radius 2 is 1.96 bits per heavy atom. The average molecular weight is 360 g/mol. The Bertz CT molecular complexity index is 913. The van der Waals surface area contributed by atoms with Crippen molar-refractivity contribution < 1.29 is 5.11 Å². The maximum absolute atomic E-state index is 10.0. The number of aromatic nitrogens is 1. The molecular formula is C22H24N4O. The van der Waals surface area contributed by atoms with Gasteiger partial charge in [-0.3, -0.25) is 4.90 Å². The number of aromatic hydroxyl groups is 1.